The first-order chi connectivity index (χ1) is 10.9. The molecule has 0 aliphatic rings. The van der Waals surface area contributed by atoms with Crippen molar-refractivity contribution < 1.29 is 9.50 Å². The zero-order valence-corrected chi connectivity index (χ0v) is 14.0. The van der Waals surface area contributed by atoms with Crippen LogP contribution in [-0.2, 0) is 5.60 Å². The van der Waals surface area contributed by atoms with Gasteiger partial charge < -0.3 is 10.4 Å². The third kappa shape index (κ3) is 5.12. The highest BCUT2D eigenvalue weighted by atomic mass is 19.1. The van der Waals surface area contributed by atoms with Gasteiger partial charge in [-0.1, -0.05) is 32.0 Å². The first kappa shape index (κ1) is 17.6. The summed E-state index contributed by atoms with van der Waals surface area (Å²) in [7, 11) is 0. The molecular weight excluding hydrogens is 291 g/mol. The SMILES string of the molecule is CC(C)CC(NCC(C)(O)c1ccc(F)cc1)c1ccccn1. The Kier molecular flexibility index (Phi) is 5.85. The zero-order chi connectivity index (χ0) is 16.9. The second kappa shape index (κ2) is 7.66. The molecule has 2 unspecified atom stereocenters. The van der Waals surface area contributed by atoms with Crippen molar-refractivity contribution in [2.45, 2.75) is 38.8 Å². The third-order valence-corrected chi connectivity index (χ3v) is 3.91. The van der Waals surface area contributed by atoms with Gasteiger partial charge >= 0.3 is 0 Å². The highest BCUT2D eigenvalue weighted by molar-refractivity contribution is 5.23. The van der Waals surface area contributed by atoms with Gasteiger partial charge in [-0.15, -0.1) is 0 Å². The maximum atomic E-state index is 13.0. The maximum Gasteiger partial charge on any atom is 0.123 e. The summed E-state index contributed by atoms with van der Waals surface area (Å²) in [6.07, 6.45) is 2.71. The minimum Gasteiger partial charge on any atom is -0.384 e. The number of nitrogens with one attached hydrogen (secondary N) is 1. The van der Waals surface area contributed by atoms with Crippen LogP contribution in [0.4, 0.5) is 4.39 Å². The van der Waals surface area contributed by atoms with Gasteiger partial charge in [-0.3, -0.25) is 4.98 Å². The van der Waals surface area contributed by atoms with Crippen LogP contribution < -0.4 is 5.32 Å². The first-order valence-corrected chi connectivity index (χ1v) is 8.01. The second-order valence-electron chi connectivity index (χ2n) is 6.60. The van der Waals surface area contributed by atoms with E-state index in [4.69, 9.17) is 0 Å². The largest absolute Gasteiger partial charge is 0.384 e. The summed E-state index contributed by atoms with van der Waals surface area (Å²) in [5.41, 5.74) is 0.587. The molecule has 1 aromatic carbocycles. The van der Waals surface area contributed by atoms with Crippen LogP contribution in [0.2, 0.25) is 0 Å². The van der Waals surface area contributed by atoms with Crippen LogP contribution in [0.5, 0.6) is 0 Å². The number of nitrogens with zero attached hydrogens (tertiary/aromatic N) is 1. The summed E-state index contributed by atoms with van der Waals surface area (Å²) in [6.45, 7) is 6.43. The highest BCUT2D eigenvalue weighted by Gasteiger charge is 2.25. The summed E-state index contributed by atoms with van der Waals surface area (Å²) >= 11 is 0. The highest BCUT2D eigenvalue weighted by Crippen LogP contribution is 2.24. The average molecular weight is 316 g/mol. The van der Waals surface area contributed by atoms with Crippen molar-refractivity contribution >= 4 is 0 Å². The number of hydrogen-bond donors (Lipinski definition) is 2. The van der Waals surface area contributed by atoms with E-state index in [1.807, 2.05) is 18.2 Å². The van der Waals surface area contributed by atoms with Gasteiger partial charge in [0.05, 0.1) is 11.3 Å². The molecule has 1 aromatic heterocycles. The fourth-order valence-corrected chi connectivity index (χ4v) is 2.60. The molecule has 0 saturated carbocycles. The molecule has 2 atom stereocenters. The normalized spacial score (nSPS) is 15.4. The van der Waals surface area contributed by atoms with Crippen molar-refractivity contribution in [3.8, 4) is 0 Å². The van der Waals surface area contributed by atoms with Gasteiger partial charge in [0.2, 0.25) is 0 Å². The Balaban J connectivity index is 2.09. The van der Waals surface area contributed by atoms with Crippen molar-refractivity contribution in [3.63, 3.8) is 0 Å². The minimum atomic E-state index is -1.07. The molecule has 2 aromatic rings. The van der Waals surface area contributed by atoms with Crippen LogP contribution in [-0.4, -0.2) is 16.6 Å². The molecule has 124 valence electrons. The van der Waals surface area contributed by atoms with Crippen LogP contribution in [0.3, 0.4) is 0 Å². The van der Waals surface area contributed by atoms with E-state index in [1.165, 1.54) is 12.1 Å². The number of rotatable bonds is 7. The van der Waals surface area contributed by atoms with Gasteiger partial charge in [-0.2, -0.15) is 0 Å². The molecular formula is C19H25FN2O. The van der Waals surface area contributed by atoms with Crippen LogP contribution in [0.25, 0.3) is 0 Å². The number of aromatic nitrogens is 1. The summed E-state index contributed by atoms with van der Waals surface area (Å²) in [4.78, 5) is 4.42. The maximum absolute atomic E-state index is 13.0. The Labute approximate surface area is 137 Å². The fourth-order valence-electron chi connectivity index (χ4n) is 2.60. The quantitative estimate of drug-likeness (QED) is 0.816. The van der Waals surface area contributed by atoms with Gasteiger partial charge in [0.15, 0.2) is 0 Å². The molecule has 2 rings (SSSR count). The Hall–Kier alpha value is -1.78. The van der Waals surface area contributed by atoms with Crippen LogP contribution >= 0.6 is 0 Å². The van der Waals surface area contributed by atoms with Crippen LogP contribution in [0, 0.1) is 11.7 Å². The summed E-state index contributed by atoms with van der Waals surface area (Å²) in [5.74, 6) is 0.203. The number of hydrogen-bond acceptors (Lipinski definition) is 3. The van der Waals surface area contributed by atoms with Crippen molar-refractivity contribution in [2.24, 2.45) is 5.92 Å². The van der Waals surface area contributed by atoms with Gasteiger partial charge in [0.1, 0.15) is 5.82 Å². The lowest BCUT2D eigenvalue weighted by Gasteiger charge is -2.28. The third-order valence-electron chi connectivity index (χ3n) is 3.91. The van der Waals surface area contributed by atoms with E-state index in [2.05, 4.69) is 24.1 Å². The van der Waals surface area contributed by atoms with Crippen LogP contribution in [0.15, 0.2) is 48.7 Å². The predicted octanol–water partition coefficient (Wildman–Crippen LogP) is 3.81. The molecule has 0 fully saturated rings. The predicted molar refractivity (Wildman–Crippen MR) is 90.4 cm³/mol. The Morgan fingerprint density at radius 2 is 1.87 bits per heavy atom. The van der Waals surface area contributed by atoms with E-state index in [9.17, 15) is 9.50 Å². The van der Waals surface area contributed by atoms with E-state index in [1.54, 1.807) is 25.3 Å². The molecule has 0 aliphatic heterocycles. The summed E-state index contributed by atoms with van der Waals surface area (Å²) in [5, 5.41) is 14.1. The van der Waals surface area contributed by atoms with Gasteiger partial charge in [0.25, 0.3) is 0 Å². The zero-order valence-electron chi connectivity index (χ0n) is 14.0. The van der Waals surface area contributed by atoms with Crippen molar-refractivity contribution in [2.75, 3.05) is 6.54 Å². The monoisotopic (exact) mass is 316 g/mol. The molecule has 1 heterocycles. The van der Waals surface area contributed by atoms with Crippen LogP contribution in [0.1, 0.15) is 44.5 Å². The molecule has 4 heteroatoms. The van der Waals surface area contributed by atoms with Crippen molar-refractivity contribution in [1.29, 1.82) is 0 Å². The lowest BCUT2D eigenvalue weighted by Crippen LogP contribution is -2.38. The number of benzene rings is 1. The Morgan fingerprint density at radius 1 is 1.17 bits per heavy atom. The smallest absolute Gasteiger partial charge is 0.123 e. The standard InChI is InChI=1S/C19H25FN2O/c1-14(2)12-18(17-6-4-5-11-21-17)22-13-19(3,23)15-7-9-16(20)10-8-15/h4-11,14,18,22-23H,12-13H2,1-3H3. The molecule has 0 saturated heterocycles. The van der Waals surface area contributed by atoms with Gasteiger partial charge in [0, 0.05) is 18.8 Å². The van der Waals surface area contributed by atoms with E-state index >= 15 is 0 Å². The number of aliphatic hydroxyl groups is 1. The van der Waals surface area contributed by atoms with Gasteiger partial charge in [-0.25, -0.2) is 4.39 Å². The van der Waals surface area contributed by atoms with E-state index < -0.39 is 5.60 Å². The fraction of sp³-hybridized carbons (Fsp3) is 0.421. The van der Waals surface area contributed by atoms with E-state index in [0.717, 1.165) is 12.1 Å². The Bertz CT molecular complexity index is 597. The number of pyridine rings is 1. The Morgan fingerprint density at radius 3 is 2.43 bits per heavy atom. The number of halogens is 1. The molecule has 2 N–H and O–H groups in total. The van der Waals surface area contributed by atoms with E-state index in [-0.39, 0.29) is 11.9 Å². The minimum absolute atomic E-state index is 0.0723. The van der Waals surface area contributed by atoms with Gasteiger partial charge in [-0.05, 0) is 49.1 Å². The van der Waals surface area contributed by atoms with Crippen molar-refractivity contribution in [3.05, 3.63) is 65.7 Å². The molecule has 3 nitrogen and oxygen atoms in total. The molecule has 0 bridgehead atoms. The lowest BCUT2D eigenvalue weighted by atomic mass is 9.94. The molecule has 0 amide bonds. The lowest BCUT2D eigenvalue weighted by molar-refractivity contribution is 0.0527. The molecule has 23 heavy (non-hydrogen) atoms. The second-order valence-corrected chi connectivity index (χ2v) is 6.60. The molecule has 0 radical (unpaired) electrons. The molecule has 0 aliphatic carbocycles. The summed E-state index contributed by atoms with van der Waals surface area (Å²) < 4.78 is 13.0. The average Bonchev–Trinajstić information content (AvgIpc) is 2.52. The molecule has 0 spiro atoms. The first-order valence-electron chi connectivity index (χ1n) is 8.01. The van der Waals surface area contributed by atoms with E-state index in [0.29, 0.717) is 18.0 Å². The topological polar surface area (TPSA) is 45.1 Å². The summed E-state index contributed by atoms with van der Waals surface area (Å²) in [6, 6.07) is 11.9. The van der Waals surface area contributed by atoms with Crippen molar-refractivity contribution in [1.82, 2.24) is 10.3 Å².